The Kier molecular flexibility index (Phi) is 7.22. The number of hydrogen-bond donors (Lipinski definition) is 1. The van der Waals surface area contributed by atoms with Gasteiger partial charge in [-0.3, -0.25) is 9.69 Å². The van der Waals surface area contributed by atoms with Crippen molar-refractivity contribution in [1.82, 2.24) is 9.88 Å². The minimum absolute atomic E-state index is 0.357. The molecule has 0 aliphatic carbocycles. The summed E-state index contributed by atoms with van der Waals surface area (Å²) >= 11 is 0. The van der Waals surface area contributed by atoms with E-state index >= 15 is 0 Å². The lowest BCUT2D eigenvalue weighted by Crippen LogP contribution is -2.35. The zero-order chi connectivity index (χ0) is 22.2. The van der Waals surface area contributed by atoms with Gasteiger partial charge in [-0.15, -0.1) is 0 Å². The molecule has 0 atom stereocenters. The van der Waals surface area contributed by atoms with E-state index in [1.807, 2.05) is 60.7 Å². The van der Waals surface area contributed by atoms with Crippen LogP contribution in [0.1, 0.15) is 11.3 Å². The van der Waals surface area contributed by atoms with Crippen LogP contribution in [-0.2, 0) is 25.6 Å². The van der Waals surface area contributed by atoms with Gasteiger partial charge in [-0.05, 0) is 35.9 Å². The average Bonchev–Trinajstić information content (AvgIpc) is 2.83. The van der Waals surface area contributed by atoms with E-state index in [1.54, 1.807) is 6.08 Å². The molecule has 2 aromatic carbocycles. The van der Waals surface area contributed by atoms with Crippen LogP contribution in [0.2, 0.25) is 0 Å². The summed E-state index contributed by atoms with van der Waals surface area (Å²) in [5.41, 5.74) is 3.32. The van der Waals surface area contributed by atoms with Gasteiger partial charge in [0.25, 0.3) is 5.91 Å². The summed E-state index contributed by atoms with van der Waals surface area (Å²) < 4.78 is 10.4. The van der Waals surface area contributed by atoms with Crippen LogP contribution in [0.5, 0.6) is 0 Å². The van der Waals surface area contributed by atoms with E-state index in [4.69, 9.17) is 9.47 Å². The van der Waals surface area contributed by atoms with Gasteiger partial charge >= 0.3 is 5.97 Å². The Morgan fingerprint density at radius 1 is 1.03 bits per heavy atom. The maximum Gasteiger partial charge on any atom is 0.331 e. The lowest BCUT2D eigenvalue weighted by Gasteiger charge is -2.26. The predicted molar refractivity (Wildman–Crippen MR) is 123 cm³/mol. The highest BCUT2D eigenvalue weighted by Gasteiger charge is 2.11. The van der Waals surface area contributed by atoms with Crippen molar-refractivity contribution >= 4 is 34.5 Å². The Bertz CT molecular complexity index is 1110. The number of nitrogens with zero attached hydrogens (tertiary/aromatic N) is 2. The van der Waals surface area contributed by atoms with Crippen molar-refractivity contribution < 1.29 is 19.1 Å². The van der Waals surface area contributed by atoms with Crippen LogP contribution in [-0.4, -0.2) is 54.7 Å². The molecule has 1 fully saturated rings. The number of esters is 1. The summed E-state index contributed by atoms with van der Waals surface area (Å²) in [6.45, 7) is 3.88. The second-order valence-electron chi connectivity index (χ2n) is 7.50. The van der Waals surface area contributed by atoms with Crippen molar-refractivity contribution in [2.24, 2.45) is 0 Å². The zero-order valence-corrected chi connectivity index (χ0v) is 17.7. The van der Waals surface area contributed by atoms with Crippen molar-refractivity contribution in [3.05, 3.63) is 78.0 Å². The van der Waals surface area contributed by atoms with Gasteiger partial charge in [-0.1, -0.05) is 36.4 Å². The third-order valence-corrected chi connectivity index (χ3v) is 5.10. The monoisotopic (exact) mass is 431 g/mol. The Balaban J connectivity index is 1.22. The minimum Gasteiger partial charge on any atom is -0.452 e. The summed E-state index contributed by atoms with van der Waals surface area (Å²) in [6.07, 6.45) is 2.84. The number of carbonyl (C=O) groups is 2. The normalized spacial score (nSPS) is 14.5. The lowest BCUT2D eigenvalue weighted by molar-refractivity contribution is -0.142. The molecule has 2 heterocycles. The fraction of sp³-hybridized carbons (Fsp3) is 0.240. The van der Waals surface area contributed by atoms with Crippen molar-refractivity contribution in [1.29, 1.82) is 0 Å². The molecular weight excluding hydrogens is 406 g/mol. The smallest absolute Gasteiger partial charge is 0.331 e. The first-order valence-corrected chi connectivity index (χ1v) is 10.6. The van der Waals surface area contributed by atoms with Gasteiger partial charge in [0, 0.05) is 36.8 Å². The first kappa shape index (κ1) is 21.7. The number of nitrogens with one attached hydrogen (secondary N) is 1. The number of morpholine rings is 1. The summed E-state index contributed by atoms with van der Waals surface area (Å²) in [5.74, 6) is -0.993. The molecule has 1 amide bonds. The molecule has 0 bridgehead atoms. The van der Waals surface area contributed by atoms with Crippen LogP contribution in [0.4, 0.5) is 5.69 Å². The number of hydrogen-bond acceptors (Lipinski definition) is 6. The number of amides is 1. The molecule has 0 unspecified atom stereocenters. The van der Waals surface area contributed by atoms with E-state index in [9.17, 15) is 9.59 Å². The fourth-order valence-corrected chi connectivity index (χ4v) is 3.42. The van der Waals surface area contributed by atoms with Crippen molar-refractivity contribution in [2.75, 3.05) is 38.2 Å². The highest BCUT2D eigenvalue weighted by atomic mass is 16.5. The van der Waals surface area contributed by atoms with E-state index < -0.39 is 11.9 Å². The fourth-order valence-electron chi connectivity index (χ4n) is 3.42. The number of rotatable bonds is 7. The maximum absolute atomic E-state index is 12.1. The molecule has 32 heavy (non-hydrogen) atoms. The molecule has 164 valence electrons. The second kappa shape index (κ2) is 10.7. The number of para-hydroxylation sites is 1. The molecule has 7 nitrogen and oxygen atoms in total. The van der Waals surface area contributed by atoms with E-state index in [0.29, 0.717) is 11.4 Å². The first-order valence-electron chi connectivity index (χ1n) is 10.6. The molecule has 4 rings (SSSR count). The van der Waals surface area contributed by atoms with Crippen LogP contribution in [0.25, 0.3) is 17.0 Å². The van der Waals surface area contributed by atoms with Crippen LogP contribution in [0.15, 0.2) is 66.7 Å². The van der Waals surface area contributed by atoms with E-state index in [-0.39, 0.29) is 6.61 Å². The van der Waals surface area contributed by atoms with Crippen molar-refractivity contribution in [2.45, 2.75) is 6.54 Å². The molecule has 1 saturated heterocycles. The minimum atomic E-state index is -0.601. The third-order valence-electron chi connectivity index (χ3n) is 5.10. The van der Waals surface area contributed by atoms with Crippen LogP contribution in [0.3, 0.4) is 0 Å². The molecule has 1 aromatic heterocycles. The number of pyridine rings is 1. The highest BCUT2D eigenvalue weighted by molar-refractivity contribution is 5.94. The molecule has 1 aliphatic rings. The predicted octanol–water partition coefficient (Wildman–Crippen LogP) is 3.26. The van der Waals surface area contributed by atoms with Gasteiger partial charge in [-0.25, -0.2) is 9.78 Å². The van der Waals surface area contributed by atoms with Gasteiger partial charge in [0.15, 0.2) is 6.61 Å². The largest absolute Gasteiger partial charge is 0.452 e. The number of anilines is 1. The van der Waals surface area contributed by atoms with Crippen LogP contribution in [0, 0.1) is 0 Å². The van der Waals surface area contributed by atoms with Gasteiger partial charge in [-0.2, -0.15) is 0 Å². The number of fused-ring (bicyclic) bond motifs is 1. The van der Waals surface area contributed by atoms with E-state index in [1.165, 1.54) is 11.6 Å². The summed E-state index contributed by atoms with van der Waals surface area (Å²) in [4.78, 5) is 30.8. The van der Waals surface area contributed by atoms with Crippen LogP contribution >= 0.6 is 0 Å². The third kappa shape index (κ3) is 6.23. The Hall–Kier alpha value is -3.55. The van der Waals surface area contributed by atoms with Gasteiger partial charge in [0.2, 0.25) is 0 Å². The molecular formula is C25H25N3O4. The molecule has 0 radical (unpaired) electrons. The summed E-state index contributed by atoms with van der Waals surface area (Å²) in [7, 11) is 0. The molecule has 3 aromatic rings. The zero-order valence-electron chi connectivity index (χ0n) is 17.7. The first-order chi connectivity index (χ1) is 15.7. The number of benzene rings is 2. The van der Waals surface area contributed by atoms with Crippen molar-refractivity contribution in [3.8, 4) is 0 Å². The van der Waals surface area contributed by atoms with Crippen LogP contribution < -0.4 is 5.32 Å². The second-order valence-corrected chi connectivity index (χ2v) is 7.50. The molecule has 1 aliphatic heterocycles. The molecule has 0 spiro atoms. The Labute approximate surface area is 186 Å². The van der Waals surface area contributed by atoms with Crippen molar-refractivity contribution in [3.63, 3.8) is 0 Å². The van der Waals surface area contributed by atoms with Gasteiger partial charge < -0.3 is 14.8 Å². The number of ether oxygens (including phenoxy) is 2. The van der Waals surface area contributed by atoms with E-state index in [2.05, 4.69) is 15.2 Å². The topological polar surface area (TPSA) is 80.8 Å². The number of aromatic nitrogens is 1. The summed E-state index contributed by atoms with van der Waals surface area (Å²) in [6, 6.07) is 19.2. The number of carbonyl (C=O) groups excluding carboxylic acids is 2. The Morgan fingerprint density at radius 3 is 2.62 bits per heavy atom. The van der Waals surface area contributed by atoms with Gasteiger partial charge in [0.05, 0.1) is 24.4 Å². The summed E-state index contributed by atoms with van der Waals surface area (Å²) in [5, 5.41) is 3.76. The van der Waals surface area contributed by atoms with E-state index in [0.717, 1.165) is 43.8 Å². The molecule has 0 saturated carbocycles. The lowest BCUT2D eigenvalue weighted by atomic mass is 10.2. The standard InChI is InChI=1S/C25H25N3O4/c29-24(27-22-8-5-19(6-9-22)17-28-13-15-31-16-14-28)18-32-25(30)12-11-21-10-7-20-3-1-2-4-23(20)26-21/h1-12H,13-18H2,(H,27,29)/b12-11+. The quantitative estimate of drug-likeness (QED) is 0.457. The average molecular weight is 431 g/mol. The molecule has 1 N–H and O–H groups in total. The molecule has 7 heteroatoms. The highest BCUT2D eigenvalue weighted by Crippen LogP contribution is 2.14. The SMILES string of the molecule is O=C(COC(=O)/C=C/c1ccc2ccccc2n1)Nc1ccc(CN2CCOCC2)cc1. The Morgan fingerprint density at radius 2 is 1.81 bits per heavy atom. The maximum atomic E-state index is 12.1. The van der Waals surface area contributed by atoms with Gasteiger partial charge in [0.1, 0.15) is 0 Å².